The molecule has 2 aromatic rings. The second kappa shape index (κ2) is 8.42. The molecule has 0 spiro atoms. The smallest absolute Gasteiger partial charge is 0.243 e. The molecule has 0 bridgehead atoms. The molecule has 0 unspecified atom stereocenters. The van der Waals surface area contributed by atoms with Gasteiger partial charge in [-0.15, -0.1) is 0 Å². The van der Waals surface area contributed by atoms with Crippen LogP contribution in [0.3, 0.4) is 0 Å². The van der Waals surface area contributed by atoms with Gasteiger partial charge < -0.3 is 5.32 Å². The summed E-state index contributed by atoms with van der Waals surface area (Å²) in [6, 6.07) is 14.1. The van der Waals surface area contributed by atoms with Gasteiger partial charge in [0.05, 0.1) is 17.1 Å². The highest BCUT2D eigenvalue weighted by atomic mass is 32.2. The lowest BCUT2D eigenvalue weighted by Gasteiger charge is -2.31. The van der Waals surface area contributed by atoms with Crippen molar-refractivity contribution in [1.82, 2.24) is 14.6 Å². The largest absolute Gasteiger partial charge is 0.350 e. The predicted octanol–water partition coefficient (Wildman–Crippen LogP) is 2.19. The van der Waals surface area contributed by atoms with Crippen LogP contribution in [0.2, 0.25) is 0 Å². The van der Waals surface area contributed by atoms with Gasteiger partial charge >= 0.3 is 0 Å². The molecule has 26 heavy (non-hydrogen) atoms. The van der Waals surface area contributed by atoms with Crippen LogP contribution >= 0.6 is 0 Å². The minimum atomic E-state index is -3.44. The molecule has 7 heteroatoms. The molecule has 0 atom stereocenters. The molecule has 0 aliphatic carbocycles. The summed E-state index contributed by atoms with van der Waals surface area (Å²) in [6.45, 7) is 1.33. The number of piperidine rings is 1. The number of aromatic nitrogens is 1. The van der Waals surface area contributed by atoms with Crippen molar-refractivity contribution < 1.29 is 13.2 Å². The maximum atomic E-state index is 12.6. The summed E-state index contributed by atoms with van der Waals surface area (Å²) in [5.74, 6) is 0.195. The monoisotopic (exact) mass is 373 g/mol. The van der Waals surface area contributed by atoms with E-state index in [1.807, 2.05) is 18.2 Å². The SMILES string of the molecule is O=C(CC1CCN(S(=O)(=O)c2ccccc2)CC1)NCc1ccccn1. The minimum absolute atomic E-state index is 0.0139. The Morgan fingerprint density at radius 3 is 2.42 bits per heavy atom. The van der Waals surface area contributed by atoms with Gasteiger partial charge in [0, 0.05) is 25.7 Å². The van der Waals surface area contributed by atoms with Crippen LogP contribution in [0.1, 0.15) is 25.0 Å². The first kappa shape index (κ1) is 18.5. The average molecular weight is 373 g/mol. The average Bonchev–Trinajstić information content (AvgIpc) is 2.68. The Hall–Kier alpha value is -2.25. The highest BCUT2D eigenvalue weighted by molar-refractivity contribution is 7.89. The third-order valence-electron chi connectivity index (χ3n) is 4.62. The fourth-order valence-corrected chi connectivity index (χ4v) is 4.61. The van der Waals surface area contributed by atoms with Crippen molar-refractivity contribution in [2.24, 2.45) is 5.92 Å². The predicted molar refractivity (Wildman–Crippen MR) is 98.6 cm³/mol. The molecule has 1 N–H and O–H groups in total. The fourth-order valence-electron chi connectivity index (χ4n) is 3.12. The standard InChI is InChI=1S/C19H23N3O3S/c23-19(21-15-17-6-4-5-11-20-17)14-16-9-12-22(13-10-16)26(24,25)18-7-2-1-3-8-18/h1-8,11,16H,9-10,12-15H2,(H,21,23). The quantitative estimate of drug-likeness (QED) is 0.842. The number of nitrogens with one attached hydrogen (secondary N) is 1. The van der Waals surface area contributed by atoms with Crippen molar-refractivity contribution in [1.29, 1.82) is 0 Å². The number of hydrogen-bond donors (Lipinski definition) is 1. The molecule has 1 aromatic carbocycles. The normalized spacial score (nSPS) is 16.3. The number of sulfonamides is 1. The zero-order chi connectivity index (χ0) is 18.4. The van der Waals surface area contributed by atoms with Gasteiger partial charge in [0.1, 0.15) is 0 Å². The van der Waals surface area contributed by atoms with Gasteiger partial charge in [-0.1, -0.05) is 24.3 Å². The Bertz CT molecular complexity index is 818. The highest BCUT2D eigenvalue weighted by Gasteiger charge is 2.29. The summed E-state index contributed by atoms with van der Waals surface area (Å²) in [5, 5.41) is 2.88. The van der Waals surface area contributed by atoms with Crippen LogP contribution in [0.4, 0.5) is 0 Å². The lowest BCUT2D eigenvalue weighted by atomic mass is 9.94. The van der Waals surface area contributed by atoms with Crippen LogP contribution < -0.4 is 5.32 Å². The van der Waals surface area contributed by atoms with Crippen molar-refractivity contribution >= 4 is 15.9 Å². The first-order chi connectivity index (χ1) is 12.6. The zero-order valence-electron chi connectivity index (χ0n) is 14.5. The van der Waals surface area contributed by atoms with E-state index in [0.717, 1.165) is 5.69 Å². The van der Waals surface area contributed by atoms with E-state index in [-0.39, 0.29) is 11.8 Å². The lowest BCUT2D eigenvalue weighted by molar-refractivity contribution is -0.122. The number of pyridine rings is 1. The number of hydrogen-bond acceptors (Lipinski definition) is 4. The third kappa shape index (κ3) is 4.68. The topological polar surface area (TPSA) is 79.4 Å². The van der Waals surface area contributed by atoms with Gasteiger partial charge in [-0.25, -0.2) is 8.42 Å². The van der Waals surface area contributed by atoms with Gasteiger partial charge in [-0.2, -0.15) is 4.31 Å². The Balaban J connectivity index is 1.47. The van der Waals surface area contributed by atoms with Crippen LogP contribution in [-0.2, 0) is 21.4 Å². The summed E-state index contributed by atoms with van der Waals surface area (Å²) in [4.78, 5) is 16.6. The maximum Gasteiger partial charge on any atom is 0.243 e. The summed E-state index contributed by atoms with van der Waals surface area (Å²) in [7, 11) is -3.44. The Morgan fingerprint density at radius 2 is 1.77 bits per heavy atom. The molecule has 1 fully saturated rings. The molecule has 1 saturated heterocycles. The van der Waals surface area contributed by atoms with Crippen LogP contribution in [0.25, 0.3) is 0 Å². The number of carbonyl (C=O) groups is 1. The van der Waals surface area contributed by atoms with Gasteiger partial charge in [-0.3, -0.25) is 9.78 Å². The van der Waals surface area contributed by atoms with Gasteiger partial charge in [0.15, 0.2) is 0 Å². The second-order valence-corrected chi connectivity index (χ2v) is 8.40. The molecule has 1 aliphatic rings. The van der Waals surface area contributed by atoms with Crippen LogP contribution in [-0.4, -0.2) is 36.7 Å². The molecule has 3 rings (SSSR count). The molecule has 0 saturated carbocycles. The van der Waals surface area contributed by atoms with E-state index < -0.39 is 10.0 Å². The number of nitrogens with zero attached hydrogens (tertiary/aromatic N) is 2. The van der Waals surface area contributed by atoms with Crippen molar-refractivity contribution in [2.45, 2.75) is 30.7 Å². The fraction of sp³-hybridized carbons (Fsp3) is 0.368. The van der Waals surface area contributed by atoms with Gasteiger partial charge in [0.25, 0.3) is 0 Å². The minimum Gasteiger partial charge on any atom is -0.350 e. The van der Waals surface area contributed by atoms with Gasteiger partial charge in [0.2, 0.25) is 15.9 Å². The van der Waals surface area contributed by atoms with E-state index in [2.05, 4.69) is 10.3 Å². The van der Waals surface area contributed by atoms with E-state index >= 15 is 0 Å². The number of benzene rings is 1. The van der Waals surface area contributed by atoms with Crippen LogP contribution in [0.5, 0.6) is 0 Å². The van der Waals surface area contributed by atoms with E-state index in [1.54, 1.807) is 36.5 Å². The molecule has 1 aromatic heterocycles. The Labute approximate surface area is 154 Å². The molecule has 0 radical (unpaired) electrons. The molecule has 1 amide bonds. The summed E-state index contributed by atoms with van der Waals surface area (Å²) in [5.41, 5.74) is 0.824. The third-order valence-corrected chi connectivity index (χ3v) is 6.53. The highest BCUT2D eigenvalue weighted by Crippen LogP contribution is 2.25. The summed E-state index contributed by atoms with van der Waals surface area (Å²) in [6.07, 6.45) is 3.52. The number of rotatable bonds is 6. The molecular weight excluding hydrogens is 350 g/mol. The van der Waals surface area contributed by atoms with Gasteiger partial charge in [-0.05, 0) is 43.0 Å². The number of carbonyl (C=O) groups excluding carboxylic acids is 1. The summed E-state index contributed by atoms with van der Waals surface area (Å²) < 4.78 is 26.7. The number of amides is 1. The molecular formula is C19H23N3O3S. The maximum absolute atomic E-state index is 12.6. The van der Waals surface area contributed by atoms with E-state index in [1.165, 1.54) is 4.31 Å². The molecule has 1 aliphatic heterocycles. The van der Waals surface area contributed by atoms with Crippen molar-refractivity contribution in [3.63, 3.8) is 0 Å². The molecule has 2 heterocycles. The first-order valence-corrected chi connectivity index (χ1v) is 10.2. The molecule has 6 nitrogen and oxygen atoms in total. The first-order valence-electron chi connectivity index (χ1n) is 8.77. The lowest BCUT2D eigenvalue weighted by Crippen LogP contribution is -2.39. The van der Waals surface area contributed by atoms with Crippen molar-refractivity contribution in [3.8, 4) is 0 Å². The van der Waals surface area contributed by atoms with E-state index in [0.29, 0.717) is 43.8 Å². The summed E-state index contributed by atoms with van der Waals surface area (Å²) >= 11 is 0. The molecule has 138 valence electrons. The Kier molecular flexibility index (Phi) is 6.00. The van der Waals surface area contributed by atoms with E-state index in [9.17, 15) is 13.2 Å². The van der Waals surface area contributed by atoms with Crippen LogP contribution in [0, 0.1) is 5.92 Å². The van der Waals surface area contributed by atoms with Crippen molar-refractivity contribution in [2.75, 3.05) is 13.1 Å². The van der Waals surface area contributed by atoms with Crippen molar-refractivity contribution in [3.05, 3.63) is 60.4 Å². The second-order valence-electron chi connectivity index (χ2n) is 6.46. The zero-order valence-corrected chi connectivity index (χ0v) is 15.4. The Morgan fingerprint density at radius 1 is 1.08 bits per heavy atom. The van der Waals surface area contributed by atoms with E-state index in [4.69, 9.17) is 0 Å². The van der Waals surface area contributed by atoms with Crippen LogP contribution in [0.15, 0.2) is 59.6 Å².